The second-order valence-electron chi connectivity index (χ2n) is 5.93. The maximum atomic E-state index is 12.5. The summed E-state index contributed by atoms with van der Waals surface area (Å²) in [5.74, 6) is -0.493. The zero-order chi connectivity index (χ0) is 19.5. The Kier molecular flexibility index (Phi) is 6.38. The van der Waals surface area contributed by atoms with E-state index in [0.29, 0.717) is 5.56 Å². The molecule has 2 rings (SSSR count). The van der Waals surface area contributed by atoms with E-state index in [0.717, 1.165) is 20.0 Å². The number of pyridine rings is 1. The van der Waals surface area contributed by atoms with Crippen molar-refractivity contribution in [3.05, 3.63) is 62.0 Å². The summed E-state index contributed by atoms with van der Waals surface area (Å²) in [7, 11) is -2.44. The minimum absolute atomic E-state index is 0.0342. The van der Waals surface area contributed by atoms with Crippen LogP contribution in [0.5, 0.6) is 0 Å². The number of aromatic amines is 1. The molecule has 1 amide bonds. The minimum atomic E-state index is -3.77. The maximum Gasteiger partial charge on any atom is 0.253 e. The first-order chi connectivity index (χ1) is 12.1. The molecule has 0 fully saturated rings. The standard InChI is InChI=1S/C17H20BrN3O4S/c1-11-8-12(2)20-17(23)15(11)9-19-16(22)10-21(3)26(24,25)14-6-4-13(18)5-7-14/h4-8H,9-10H2,1-3H3,(H,19,22)(H,20,23). The van der Waals surface area contributed by atoms with Gasteiger partial charge in [0.1, 0.15) is 0 Å². The SMILES string of the molecule is Cc1cc(C)c(CNC(=O)CN(C)S(=O)(=O)c2ccc(Br)cc2)c(=O)[nH]1. The fraction of sp³-hybridized carbons (Fsp3) is 0.294. The minimum Gasteiger partial charge on any atom is -0.351 e. The van der Waals surface area contributed by atoms with E-state index < -0.39 is 15.9 Å². The third-order valence-corrected chi connectivity index (χ3v) is 6.19. The quantitative estimate of drug-likeness (QED) is 0.711. The predicted octanol–water partition coefficient (Wildman–Crippen LogP) is 1.69. The Morgan fingerprint density at radius 2 is 1.85 bits per heavy atom. The molecule has 0 bridgehead atoms. The van der Waals surface area contributed by atoms with Crippen molar-refractivity contribution in [1.29, 1.82) is 0 Å². The van der Waals surface area contributed by atoms with Crippen molar-refractivity contribution in [3.63, 3.8) is 0 Å². The van der Waals surface area contributed by atoms with Crippen molar-refractivity contribution in [2.75, 3.05) is 13.6 Å². The molecule has 140 valence electrons. The lowest BCUT2D eigenvalue weighted by molar-refractivity contribution is -0.121. The highest BCUT2D eigenvalue weighted by atomic mass is 79.9. The number of H-pyrrole nitrogens is 1. The molecule has 0 saturated carbocycles. The van der Waals surface area contributed by atoms with Crippen LogP contribution in [0.3, 0.4) is 0 Å². The summed E-state index contributed by atoms with van der Waals surface area (Å²) in [6, 6.07) is 7.97. The summed E-state index contributed by atoms with van der Waals surface area (Å²) in [6.07, 6.45) is 0. The molecule has 9 heteroatoms. The number of nitrogens with one attached hydrogen (secondary N) is 2. The van der Waals surface area contributed by atoms with E-state index in [1.54, 1.807) is 26.0 Å². The molecule has 1 aromatic heterocycles. The number of amides is 1. The Morgan fingerprint density at radius 1 is 1.23 bits per heavy atom. The smallest absolute Gasteiger partial charge is 0.253 e. The van der Waals surface area contributed by atoms with E-state index in [1.165, 1.54) is 19.2 Å². The highest BCUT2D eigenvalue weighted by Crippen LogP contribution is 2.17. The van der Waals surface area contributed by atoms with Crippen LogP contribution >= 0.6 is 15.9 Å². The topological polar surface area (TPSA) is 99.3 Å². The molecule has 0 radical (unpaired) electrons. The summed E-state index contributed by atoms with van der Waals surface area (Å²) in [4.78, 5) is 26.8. The van der Waals surface area contributed by atoms with Gasteiger partial charge in [0, 0.05) is 29.3 Å². The first-order valence-electron chi connectivity index (χ1n) is 7.79. The summed E-state index contributed by atoms with van der Waals surface area (Å²) in [6.45, 7) is 3.25. The van der Waals surface area contributed by atoms with Gasteiger partial charge in [0.25, 0.3) is 5.56 Å². The average molecular weight is 442 g/mol. The molecular weight excluding hydrogens is 422 g/mol. The first kappa shape index (κ1) is 20.3. The lowest BCUT2D eigenvalue weighted by atomic mass is 10.1. The molecular formula is C17H20BrN3O4S. The second-order valence-corrected chi connectivity index (χ2v) is 8.90. The van der Waals surface area contributed by atoms with Crippen LogP contribution in [0.25, 0.3) is 0 Å². The number of likely N-dealkylation sites (N-methyl/N-ethyl adjacent to an activating group) is 1. The Morgan fingerprint density at radius 3 is 2.42 bits per heavy atom. The molecule has 0 aliphatic carbocycles. The van der Waals surface area contributed by atoms with Crippen molar-refractivity contribution in [1.82, 2.24) is 14.6 Å². The van der Waals surface area contributed by atoms with Crippen LogP contribution in [0.1, 0.15) is 16.8 Å². The van der Waals surface area contributed by atoms with E-state index in [2.05, 4.69) is 26.2 Å². The molecule has 0 aliphatic heterocycles. The van der Waals surface area contributed by atoms with Gasteiger partial charge in [-0.15, -0.1) is 0 Å². The van der Waals surface area contributed by atoms with Crippen LogP contribution < -0.4 is 10.9 Å². The molecule has 0 saturated heterocycles. The van der Waals surface area contributed by atoms with Crippen LogP contribution in [0.15, 0.2) is 44.5 Å². The van der Waals surface area contributed by atoms with Crippen LogP contribution in [0, 0.1) is 13.8 Å². The highest BCUT2D eigenvalue weighted by Gasteiger charge is 2.23. The second kappa shape index (κ2) is 8.15. The zero-order valence-electron chi connectivity index (χ0n) is 14.7. The number of hydrogen-bond acceptors (Lipinski definition) is 4. The van der Waals surface area contributed by atoms with Crippen LogP contribution in [0.4, 0.5) is 0 Å². The molecule has 0 spiro atoms. The van der Waals surface area contributed by atoms with Gasteiger partial charge in [-0.3, -0.25) is 9.59 Å². The van der Waals surface area contributed by atoms with Gasteiger partial charge in [0.15, 0.2) is 0 Å². The fourth-order valence-electron chi connectivity index (χ4n) is 2.42. The Labute approximate surface area is 160 Å². The number of halogens is 1. The van der Waals surface area contributed by atoms with Crippen molar-refractivity contribution in [3.8, 4) is 0 Å². The van der Waals surface area contributed by atoms with Crippen molar-refractivity contribution in [2.45, 2.75) is 25.3 Å². The molecule has 26 heavy (non-hydrogen) atoms. The van der Waals surface area contributed by atoms with Gasteiger partial charge in [-0.2, -0.15) is 4.31 Å². The average Bonchev–Trinajstić information content (AvgIpc) is 2.54. The lowest BCUT2D eigenvalue weighted by Crippen LogP contribution is -2.38. The van der Waals surface area contributed by atoms with Crippen LogP contribution in [0.2, 0.25) is 0 Å². The van der Waals surface area contributed by atoms with Crippen molar-refractivity contribution < 1.29 is 13.2 Å². The van der Waals surface area contributed by atoms with Crippen LogP contribution in [-0.2, 0) is 21.4 Å². The third-order valence-electron chi connectivity index (χ3n) is 3.84. The molecule has 2 N–H and O–H groups in total. The first-order valence-corrected chi connectivity index (χ1v) is 10.0. The van der Waals surface area contributed by atoms with Gasteiger partial charge in [0.2, 0.25) is 15.9 Å². The molecule has 0 aliphatic rings. The molecule has 0 unspecified atom stereocenters. The van der Waals surface area contributed by atoms with Gasteiger partial charge in [-0.05, 0) is 49.7 Å². The monoisotopic (exact) mass is 441 g/mol. The number of nitrogens with zero attached hydrogens (tertiary/aromatic N) is 1. The van der Waals surface area contributed by atoms with Crippen molar-refractivity contribution >= 4 is 31.9 Å². The Hall–Kier alpha value is -1.97. The summed E-state index contributed by atoms with van der Waals surface area (Å²) >= 11 is 3.25. The van der Waals surface area contributed by atoms with Crippen molar-refractivity contribution in [2.24, 2.45) is 0 Å². The molecule has 1 heterocycles. The molecule has 7 nitrogen and oxygen atoms in total. The number of aromatic nitrogens is 1. The normalized spacial score (nSPS) is 11.6. The Bertz CT molecular complexity index is 968. The summed E-state index contributed by atoms with van der Waals surface area (Å²) in [5.41, 5.74) is 1.69. The molecule has 2 aromatic rings. The number of rotatable bonds is 6. The zero-order valence-corrected chi connectivity index (χ0v) is 17.1. The van der Waals surface area contributed by atoms with E-state index in [9.17, 15) is 18.0 Å². The number of sulfonamides is 1. The predicted molar refractivity (Wildman–Crippen MR) is 102 cm³/mol. The number of carbonyl (C=O) groups excluding carboxylic acids is 1. The van der Waals surface area contributed by atoms with Gasteiger partial charge in [-0.25, -0.2) is 8.42 Å². The number of carbonyl (C=O) groups is 1. The van der Waals surface area contributed by atoms with Gasteiger partial charge >= 0.3 is 0 Å². The number of aryl methyl sites for hydroxylation is 2. The fourth-order valence-corrected chi connectivity index (χ4v) is 3.81. The number of hydrogen-bond donors (Lipinski definition) is 2. The molecule has 1 aromatic carbocycles. The van der Waals surface area contributed by atoms with Gasteiger partial charge in [-0.1, -0.05) is 15.9 Å². The molecule has 0 atom stereocenters. The van der Waals surface area contributed by atoms with Crippen LogP contribution in [-0.4, -0.2) is 37.2 Å². The summed E-state index contributed by atoms with van der Waals surface area (Å²) < 4.78 is 26.7. The largest absolute Gasteiger partial charge is 0.351 e. The van der Waals surface area contributed by atoms with Gasteiger partial charge in [0.05, 0.1) is 11.4 Å². The van der Waals surface area contributed by atoms with E-state index in [4.69, 9.17) is 0 Å². The van der Waals surface area contributed by atoms with E-state index in [-0.39, 0.29) is 23.5 Å². The maximum absolute atomic E-state index is 12.5. The highest BCUT2D eigenvalue weighted by molar-refractivity contribution is 9.10. The van der Waals surface area contributed by atoms with Gasteiger partial charge < -0.3 is 10.3 Å². The Balaban J connectivity index is 2.03. The van der Waals surface area contributed by atoms with E-state index in [1.807, 2.05) is 6.07 Å². The third kappa shape index (κ3) is 4.80. The number of benzene rings is 1. The van der Waals surface area contributed by atoms with E-state index >= 15 is 0 Å². The summed E-state index contributed by atoms with van der Waals surface area (Å²) in [5, 5.41) is 2.59. The lowest BCUT2D eigenvalue weighted by Gasteiger charge is -2.17.